The minimum atomic E-state index is -0.743. The van der Waals surface area contributed by atoms with Gasteiger partial charge in [0, 0.05) is 25.0 Å². The van der Waals surface area contributed by atoms with E-state index >= 15 is 0 Å². The first-order valence-electron chi connectivity index (χ1n) is 9.46. The molecule has 0 unspecified atom stereocenters. The van der Waals surface area contributed by atoms with Crippen LogP contribution in [0.5, 0.6) is 0 Å². The maximum absolute atomic E-state index is 11.6. The van der Waals surface area contributed by atoms with E-state index in [9.17, 15) is 9.59 Å². The average molecular weight is 350 g/mol. The molecule has 2 N–H and O–H groups in total. The third kappa shape index (κ3) is 6.27. The van der Waals surface area contributed by atoms with Crippen LogP contribution >= 0.6 is 0 Å². The summed E-state index contributed by atoms with van der Waals surface area (Å²) in [6, 6.07) is 0. The molecule has 0 aromatic heterocycles. The number of carboxylic acid groups (broad SMARTS) is 1. The lowest BCUT2D eigenvalue weighted by Crippen LogP contribution is -2.29. The first-order chi connectivity index (χ1) is 12.1. The highest BCUT2D eigenvalue weighted by atomic mass is 16.5. The molecule has 140 valence electrons. The predicted octanol–water partition coefficient (Wildman–Crippen LogP) is 3.27. The Kier molecular flexibility index (Phi) is 8.12. The van der Waals surface area contributed by atoms with E-state index in [1.54, 1.807) is 0 Å². The van der Waals surface area contributed by atoms with E-state index in [0.717, 1.165) is 38.5 Å². The molecule has 2 aliphatic rings. The number of unbranched alkanes of at least 4 members (excludes halogenated alkanes) is 2. The van der Waals surface area contributed by atoms with Crippen molar-refractivity contribution in [3.8, 4) is 0 Å². The van der Waals surface area contributed by atoms with Crippen LogP contribution in [0.1, 0.15) is 64.7 Å². The zero-order valence-corrected chi connectivity index (χ0v) is 15.0. The van der Waals surface area contributed by atoms with Gasteiger partial charge in [-0.25, -0.2) is 5.43 Å². The fraction of sp³-hybridized carbons (Fsp3) is 0.737. The third-order valence-corrected chi connectivity index (χ3v) is 5.02. The van der Waals surface area contributed by atoms with Gasteiger partial charge in [-0.05, 0) is 44.4 Å². The van der Waals surface area contributed by atoms with E-state index < -0.39 is 5.97 Å². The third-order valence-electron chi connectivity index (χ3n) is 5.02. The largest absolute Gasteiger partial charge is 0.481 e. The summed E-state index contributed by atoms with van der Waals surface area (Å²) >= 11 is 0. The second-order valence-corrected chi connectivity index (χ2v) is 6.94. The zero-order chi connectivity index (χ0) is 18.1. The number of aliphatic carboxylic acids is 1. The molecule has 4 atom stereocenters. The van der Waals surface area contributed by atoms with Gasteiger partial charge in [0.15, 0.2) is 0 Å². The van der Waals surface area contributed by atoms with Crippen LogP contribution in [0.4, 0.5) is 0 Å². The van der Waals surface area contributed by atoms with Crippen molar-refractivity contribution >= 4 is 18.1 Å². The highest BCUT2D eigenvalue weighted by Gasteiger charge is 2.47. The van der Waals surface area contributed by atoms with Gasteiger partial charge < -0.3 is 9.84 Å². The molecule has 0 spiro atoms. The predicted molar refractivity (Wildman–Crippen MR) is 96.3 cm³/mol. The van der Waals surface area contributed by atoms with E-state index in [1.165, 1.54) is 0 Å². The van der Waals surface area contributed by atoms with Gasteiger partial charge in [0.25, 0.3) is 0 Å². The molecule has 0 aromatic carbocycles. The van der Waals surface area contributed by atoms with Gasteiger partial charge in [-0.3, -0.25) is 9.59 Å². The minimum absolute atomic E-state index is 0.0305. The van der Waals surface area contributed by atoms with Gasteiger partial charge in [0.05, 0.1) is 12.2 Å². The quantitative estimate of drug-likeness (QED) is 0.259. The number of rotatable bonds is 11. The van der Waals surface area contributed by atoms with Crippen molar-refractivity contribution < 1.29 is 19.4 Å². The van der Waals surface area contributed by atoms with Crippen molar-refractivity contribution in [2.75, 3.05) is 0 Å². The fourth-order valence-corrected chi connectivity index (χ4v) is 3.66. The van der Waals surface area contributed by atoms with Crippen LogP contribution in [0.15, 0.2) is 17.3 Å². The highest BCUT2D eigenvalue weighted by Crippen LogP contribution is 2.44. The van der Waals surface area contributed by atoms with Crippen LogP contribution in [-0.2, 0) is 14.3 Å². The molecule has 2 bridgehead atoms. The molecule has 1 amide bonds. The van der Waals surface area contributed by atoms with Crippen LogP contribution < -0.4 is 5.43 Å². The Hall–Kier alpha value is -1.69. The van der Waals surface area contributed by atoms with Crippen LogP contribution in [0, 0.1) is 11.8 Å². The Morgan fingerprint density at radius 2 is 2.00 bits per heavy atom. The number of nitrogens with zero attached hydrogens (tertiary/aromatic N) is 1. The summed E-state index contributed by atoms with van der Waals surface area (Å²) in [4.78, 5) is 22.1. The van der Waals surface area contributed by atoms with Crippen molar-refractivity contribution in [2.45, 2.75) is 76.9 Å². The Labute approximate surface area is 149 Å². The van der Waals surface area contributed by atoms with Gasteiger partial charge in [0.1, 0.15) is 0 Å². The summed E-state index contributed by atoms with van der Waals surface area (Å²) in [5, 5.41) is 12.8. The molecule has 6 heteroatoms. The van der Waals surface area contributed by atoms with Crippen molar-refractivity contribution in [2.24, 2.45) is 16.9 Å². The SMILES string of the molecule is CCCCC(=O)NN=C[C@H]1[C@@H](C/C=C\CCCC(=O)O)[C@H]2CC[C@@H]1O2. The summed E-state index contributed by atoms with van der Waals surface area (Å²) < 4.78 is 6.01. The number of hydrogen-bond acceptors (Lipinski definition) is 4. The Morgan fingerprint density at radius 1 is 1.20 bits per heavy atom. The molecular formula is C19H30N2O4. The topological polar surface area (TPSA) is 88.0 Å². The smallest absolute Gasteiger partial charge is 0.303 e. The number of carbonyl (C=O) groups is 2. The van der Waals surface area contributed by atoms with Gasteiger partial charge in [0.2, 0.25) is 5.91 Å². The maximum Gasteiger partial charge on any atom is 0.303 e. The summed E-state index contributed by atoms with van der Waals surface area (Å²) in [6.07, 6.45) is 13.7. The molecule has 2 saturated heterocycles. The molecular weight excluding hydrogens is 320 g/mol. The minimum Gasteiger partial charge on any atom is -0.481 e. The van der Waals surface area contributed by atoms with Crippen molar-refractivity contribution in [1.82, 2.24) is 5.43 Å². The van der Waals surface area contributed by atoms with Gasteiger partial charge >= 0.3 is 5.97 Å². The van der Waals surface area contributed by atoms with E-state index in [0.29, 0.717) is 18.8 Å². The monoisotopic (exact) mass is 350 g/mol. The molecule has 0 saturated carbocycles. The van der Waals surface area contributed by atoms with Crippen molar-refractivity contribution in [3.63, 3.8) is 0 Å². The maximum atomic E-state index is 11.6. The normalized spacial score (nSPS) is 28.2. The van der Waals surface area contributed by atoms with Crippen LogP contribution in [0.3, 0.4) is 0 Å². The van der Waals surface area contributed by atoms with Crippen LogP contribution in [-0.4, -0.2) is 35.4 Å². The lowest BCUT2D eigenvalue weighted by atomic mass is 9.78. The van der Waals surface area contributed by atoms with E-state index in [4.69, 9.17) is 9.84 Å². The summed E-state index contributed by atoms with van der Waals surface area (Å²) in [5.74, 6) is -0.135. The highest BCUT2D eigenvalue weighted by molar-refractivity contribution is 5.77. The lowest BCUT2D eigenvalue weighted by molar-refractivity contribution is -0.137. The van der Waals surface area contributed by atoms with E-state index in [-0.39, 0.29) is 30.5 Å². The molecule has 2 rings (SSSR count). The molecule has 2 heterocycles. The molecule has 0 radical (unpaired) electrons. The lowest BCUT2D eigenvalue weighted by Gasteiger charge is -2.23. The van der Waals surface area contributed by atoms with Crippen LogP contribution in [0.2, 0.25) is 0 Å². The summed E-state index contributed by atoms with van der Waals surface area (Å²) in [6.45, 7) is 2.06. The Balaban J connectivity index is 1.77. The van der Waals surface area contributed by atoms with Gasteiger partial charge in [-0.15, -0.1) is 0 Å². The molecule has 0 aromatic rings. The van der Waals surface area contributed by atoms with E-state index in [2.05, 4.69) is 29.6 Å². The number of carboxylic acids is 1. The van der Waals surface area contributed by atoms with Crippen LogP contribution in [0.25, 0.3) is 0 Å². The number of fused-ring (bicyclic) bond motifs is 2. The first-order valence-corrected chi connectivity index (χ1v) is 9.46. The van der Waals surface area contributed by atoms with Crippen molar-refractivity contribution in [3.05, 3.63) is 12.2 Å². The van der Waals surface area contributed by atoms with Gasteiger partial charge in [-0.2, -0.15) is 5.10 Å². The number of ether oxygens (including phenoxy) is 1. The fourth-order valence-electron chi connectivity index (χ4n) is 3.66. The first kappa shape index (κ1) is 19.6. The number of carbonyl (C=O) groups excluding carboxylic acids is 1. The second-order valence-electron chi connectivity index (χ2n) is 6.94. The second kappa shape index (κ2) is 10.3. The number of nitrogens with one attached hydrogen (secondary N) is 1. The number of hydrazone groups is 1. The Bertz CT molecular complexity index is 504. The molecule has 2 fully saturated rings. The molecule has 6 nitrogen and oxygen atoms in total. The standard InChI is InChI=1S/C19H30N2O4/c1-2-3-9-18(22)21-20-13-15-14(16-11-12-17(15)25-16)8-6-4-5-7-10-19(23)24/h4,6,13-17H,2-3,5,7-12H2,1H3,(H,21,22)(H,23,24)/b6-4-,20-13?/t14-,15+,16-,17+/m1/s1. The Morgan fingerprint density at radius 3 is 2.76 bits per heavy atom. The average Bonchev–Trinajstić information content (AvgIpc) is 3.18. The number of hydrogen-bond donors (Lipinski definition) is 2. The molecule has 2 aliphatic heterocycles. The number of amides is 1. The molecule has 0 aliphatic carbocycles. The number of allylic oxidation sites excluding steroid dienone is 2. The molecule has 25 heavy (non-hydrogen) atoms. The van der Waals surface area contributed by atoms with Gasteiger partial charge in [-0.1, -0.05) is 25.5 Å². The summed E-state index contributed by atoms with van der Waals surface area (Å²) in [5.41, 5.74) is 2.62. The zero-order valence-electron chi connectivity index (χ0n) is 15.0. The van der Waals surface area contributed by atoms with E-state index in [1.807, 2.05) is 6.21 Å². The summed E-state index contributed by atoms with van der Waals surface area (Å²) in [7, 11) is 0. The van der Waals surface area contributed by atoms with Crippen molar-refractivity contribution in [1.29, 1.82) is 0 Å².